The van der Waals surface area contributed by atoms with Gasteiger partial charge in [0.15, 0.2) is 0 Å². The highest BCUT2D eigenvalue weighted by Gasteiger charge is 2.61. The van der Waals surface area contributed by atoms with Gasteiger partial charge < -0.3 is 23.8 Å². The predicted octanol–water partition coefficient (Wildman–Crippen LogP) is 4.61. The van der Waals surface area contributed by atoms with Crippen LogP contribution in [0, 0.1) is 11.8 Å². The van der Waals surface area contributed by atoms with E-state index in [4.69, 9.17) is 18.9 Å². The summed E-state index contributed by atoms with van der Waals surface area (Å²) in [6, 6.07) is 4.65. The maximum atomic E-state index is 13.3. The molecule has 1 fully saturated rings. The number of rotatable bonds is 16. The first kappa shape index (κ1) is 35.6. The van der Waals surface area contributed by atoms with Crippen LogP contribution in [0.3, 0.4) is 0 Å². The van der Waals surface area contributed by atoms with Crippen molar-refractivity contribution >= 4 is 28.1 Å². The largest absolute Gasteiger partial charge is 0.523 e. The number of carbonyl (C=O) groups is 3. The fourth-order valence-corrected chi connectivity index (χ4v) is 5.74. The van der Waals surface area contributed by atoms with Gasteiger partial charge in [0, 0.05) is 11.5 Å². The summed E-state index contributed by atoms with van der Waals surface area (Å²) in [5.74, 6) is -1.77. The number of alkyl halides is 3. The first-order chi connectivity index (χ1) is 21.2. The summed E-state index contributed by atoms with van der Waals surface area (Å²) in [6.45, 7) is 11.4. The number of benzene rings is 1. The summed E-state index contributed by atoms with van der Waals surface area (Å²) in [7, 11) is -5.65. The normalized spacial score (nSPS) is 20.2. The molecule has 1 aromatic rings. The zero-order valence-corrected chi connectivity index (χ0v) is 25.9. The molecule has 248 valence electrons. The summed E-state index contributed by atoms with van der Waals surface area (Å²) < 4.78 is 85.1. The Balaban J connectivity index is 1.74. The first-order valence-corrected chi connectivity index (χ1v) is 15.6. The lowest BCUT2D eigenvalue weighted by Crippen LogP contribution is -2.64. The average molecular weight is 660 g/mol. The van der Waals surface area contributed by atoms with E-state index in [1.807, 2.05) is 13.8 Å². The number of nitrogens with zero attached hydrogens (tertiary/aromatic N) is 1. The van der Waals surface area contributed by atoms with Crippen molar-refractivity contribution in [3.63, 3.8) is 0 Å². The average Bonchev–Trinajstić information content (AvgIpc) is 3.22. The number of ether oxygens (including phenoxy) is 4. The second-order valence-electron chi connectivity index (χ2n) is 10.4. The van der Waals surface area contributed by atoms with E-state index >= 15 is 0 Å². The number of hydrogen-bond donors (Lipinski definition) is 0. The molecule has 1 aromatic carbocycles. The Bertz CT molecular complexity index is 1440. The Kier molecular flexibility index (Phi) is 11.8. The molecular weight excluding hydrogens is 623 g/mol. The van der Waals surface area contributed by atoms with Crippen molar-refractivity contribution in [3.8, 4) is 5.75 Å². The Labute approximate surface area is 259 Å². The first-order valence-electron chi connectivity index (χ1n) is 14.2. The molecular formula is C30H36F3NO10S. The van der Waals surface area contributed by atoms with Gasteiger partial charge in [-0.15, -0.1) is 0 Å². The highest BCUT2D eigenvalue weighted by molar-refractivity contribution is 7.87. The zero-order valence-electron chi connectivity index (χ0n) is 25.1. The molecule has 45 heavy (non-hydrogen) atoms. The molecule has 0 saturated carbocycles. The molecule has 2 heterocycles. The fourth-order valence-electron chi connectivity index (χ4n) is 5.27. The van der Waals surface area contributed by atoms with Crippen LogP contribution < -0.4 is 4.74 Å². The van der Waals surface area contributed by atoms with Gasteiger partial charge in [-0.25, -0.2) is 9.59 Å². The van der Waals surface area contributed by atoms with Crippen LogP contribution in [0.25, 0.3) is 0 Å². The second kappa shape index (κ2) is 15.0. The van der Waals surface area contributed by atoms with E-state index in [-0.39, 0.29) is 44.3 Å². The summed E-state index contributed by atoms with van der Waals surface area (Å²) in [6.07, 6.45) is 1.79. The Morgan fingerprint density at radius 3 is 2.42 bits per heavy atom. The topological polar surface area (TPSA) is 135 Å². The Morgan fingerprint density at radius 1 is 1.13 bits per heavy atom. The molecule has 3 rings (SSSR count). The predicted molar refractivity (Wildman–Crippen MR) is 154 cm³/mol. The van der Waals surface area contributed by atoms with Gasteiger partial charge in [-0.2, -0.15) is 21.6 Å². The highest BCUT2D eigenvalue weighted by atomic mass is 32.2. The second-order valence-corrected chi connectivity index (χ2v) is 12.0. The molecule has 4 atom stereocenters. The molecule has 1 amide bonds. The number of hydrogen-bond acceptors (Lipinski definition) is 10. The molecule has 1 saturated heterocycles. The molecule has 15 heteroatoms. The van der Waals surface area contributed by atoms with Crippen molar-refractivity contribution in [2.75, 3.05) is 26.4 Å². The number of halogens is 3. The monoisotopic (exact) mass is 659 g/mol. The van der Waals surface area contributed by atoms with Gasteiger partial charge in [0.1, 0.15) is 37.4 Å². The molecule has 0 N–H and O–H groups in total. The standard InChI is InChI=1S/C30H36F3NO10S/c1-6-13-40-28(36)26-22(18(4)25-24(27(35)34(25)26)19(5)44-29(37)41-14-7-2)17-42-23-12-11-20(16-21(23)8-3)10-9-15-43-45(38,39)30(31,32)33/h6-7,11-12,16,18-19,24-25H,1-2,8-10,13-15,17H2,3-5H3. The molecule has 2 aliphatic heterocycles. The number of aryl methyl sites for hydroxylation is 2. The highest BCUT2D eigenvalue weighted by Crippen LogP contribution is 2.48. The van der Waals surface area contributed by atoms with Gasteiger partial charge in [0.05, 0.1) is 18.6 Å². The zero-order chi connectivity index (χ0) is 33.5. The van der Waals surface area contributed by atoms with Crippen LogP contribution >= 0.6 is 0 Å². The SMILES string of the molecule is C=CCOC(=O)OC(C)C1C(=O)N2C(C(=O)OCC=C)=C(COc3ccc(CCCOS(=O)(=O)C(F)(F)F)cc3CC)C(C)C12. The van der Waals surface area contributed by atoms with Crippen LogP contribution in [-0.2, 0) is 50.9 Å². The number of esters is 1. The quantitative estimate of drug-likeness (QED) is 0.0618. The lowest BCUT2D eigenvalue weighted by molar-refractivity contribution is -0.164. The molecule has 2 aliphatic rings. The Morgan fingerprint density at radius 2 is 1.80 bits per heavy atom. The van der Waals surface area contributed by atoms with E-state index in [2.05, 4.69) is 17.3 Å². The number of fused-ring (bicyclic) bond motifs is 1. The van der Waals surface area contributed by atoms with E-state index < -0.39 is 58.3 Å². The van der Waals surface area contributed by atoms with E-state index in [1.165, 1.54) is 17.1 Å². The van der Waals surface area contributed by atoms with Gasteiger partial charge >= 0.3 is 27.8 Å². The van der Waals surface area contributed by atoms with E-state index in [0.717, 1.165) is 11.1 Å². The molecule has 0 aliphatic carbocycles. The van der Waals surface area contributed by atoms with Crippen LogP contribution in [0.4, 0.5) is 18.0 Å². The molecule has 11 nitrogen and oxygen atoms in total. The molecule has 0 radical (unpaired) electrons. The maximum Gasteiger partial charge on any atom is 0.523 e. The van der Waals surface area contributed by atoms with Crippen LogP contribution in [0.15, 0.2) is 54.8 Å². The number of amides is 1. The van der Waals surface area contributed by atoms with E-state index in [0.29, 0.717) is 17.7 Å². The van der Waals surface area contributed by atoms with Crippen molar-refractivity contribution in [2.24, 2.45) is 11.8 Å². The van der Waals surface area contributed by atoms with Gasteiger partial charge in [0.25, 0.3) is 0 Å². The lowest BCUT2D eigenvalue weighted by atomic mass is 9.77. The molecule has 0 aromatic heterocycles. The number of β-lactam (4-membered cyclic amide) rings is 1. The summed E-state index contributed by atoms with van der Waals surface area (Å²) >= 11 is 0. The van der Waals surface area contributed by atoms with Crippen molar-refractivity contribution in [1.82, 2.24) is 4.90 Å². The van der Waals surface area contributed by atoms with Gasteiger partial charge in [-0.05, 0) is 43.4 Å². The fraction of sp³-hybridized carbons (Fsp3) is 0.500. The maximum absolute atomic E-state index is 13.3. The summed E-state index contributed by atoms with van der Waals surface area (Å²) in [4.78, 5) is 39.7. The third kappa shape index (κ3) is 8.06. The van der Waals surface area contributed by atoms with Crippen LogP contribution in [-0.4, -0.2) is 75.4 Å². The van der Waals surface area contributed by atoms with Gasteiger partial charge in [-0.1, -0.05) is 51.3 Å². The third-order valence-electron chi connectivity index (χ3n) is 7.45. The van der Waals surface area contributed by atoms with Crippen molar-refractivity contribution < 1.29 is 59.1 Å². The van der Waals surface area contributed by atoms with Crippen LogP contribution in [0.2, 0.25) is 0 Å². The summed E-state index contributed by atoms with van der Waals surface area (Å²) in [5, 5.41) is 0. The molecule has 0 bridgehead atoms. The van der Waals surface area contributed by atoms with Crippen molar-refractivity contribution in [1.29, 1.82) is 0 Å². The van der Waals surface area contributed by atoms with E-state index in [9.17, 15) is 36.0 Å². The van der Waals surface area contributed by atoms with Crippen LogP contribution in [0.1, 0.15) is 38.3 Å². The number of carbonyl (C=O) groups excluding carboxylic acids is 3. The molecule has 0 spiro atoms. The minimum atomic E-state index is -5.65. The minimum Gasteiger partial charge on any atom is -0.489 e. The molecule has 4 unspecified atom stereocenters. The van der Waals surface area contributed by atoms with Crippen molar-refractivity contribution in [2.45, 2.75) is 57.7 Å². The lowest BCUT2D eigenvalue weighted by Gasteiger charge is -2.47. The Hall–Kier alpha value is -3.85. The summed E-state index contributed by atoms with van der Waals surface area (Å²) in [5.41, 5.74) is -3.42. The van der Waals surface area contributed by atoms with Gasteiger partial charge in [-0.3, -0.25) is 8.98 Å². The smallest absolute Gasteiger partial charge is 0.489 e. The minimum absolute atomic E-state index is 0.0276. The third-order valence-corrected chi connectivity index (χ3v) is 8.49. The van der Waals surface area contributed by atoms with Crippen molar-refractivity contribution in [3.05, 3.63) is 65.9 Å². The van der Waals surface area contributed by atoms with Crippen LogP contribution in [0.5, 0.6) is 5.75 Å². The van der Waals surface area contributed by atoms with E-state index in [1.54, 1.807) is 25.1 Å². The van der Waals surface area contributed by atoms with Gasteiger partial charge in [0.2, 0.25) is 5.91 Å².